The highest BCUT2D eigenvalue weighted by molar-refractivity contribution is 14.0. The summed E-state index contributed by atoms with van der Waals surface area (Å²) >= 11 is 0. The summed E-state index contributed by atoms with van der Waals surface area (Å²) in [7, 11) is 3.44. The lowest BCUT2D eigenvalue weighted by Crippen LogP contribution is -2.37. The van der Waals surface area contributed by atoms with Crippen LogP contribution in [0, 0.1) is 0 Å². The van der Waals surface area contributed by atoms with Gasteiger partial charge in [-0.1, -0.05) is 24.3 Å². The Kier molecular flexibility index (Phi) is 12.4. The molecule has 27 heavy (non-hydrogen) atoms. The van der Waals surface area contributed by atoms with Gasteiger partial charge in [-0.2, -0.15) is 5.10 Å². The molecule has 1 heterocycles. The van der Waals surface area contributed by atoms with Gasteiger partial charge in [0, 0.05) is 33.9 Å². The SMILES string of the molecule is CN=C(NCCCOCCOC)NCc1cccc(Cn2cncn2)c1.I. The van der Waals surface area contributed by atoms with Gasteiger partial charge in [-0.25, -0.2) is 9.67 Å². The standard InChI is InChI=1S/C18H28N6O2.HI/c1-19-18(21-7-4-8-26-10-9-25-2)22-12-16-5-3-6-17(11-16)13-24-15-20-14-23-24;/h3,5-6,11,14-15H,4,7-10,12-13H2,1-2H3,(H2,19,21,22);1H. The van der Waals surface area contributed by atoms with E-state index in [-0.39, 0.29) is 24.0 Å². The summed E-state index contributed by atoms with van der Waals surface area (Å²) in [5, 5.41) is 10.8. The summed E-state index contributed by atoms with van der Waals surface area (Å²) in [6, 6.07) is 8.39. The molecule has 0 fully saturated rings. The molecule has 2 rings (SSSR count). The predicted octanol–water partition coefficient (Wildman–Crippen LogP) is 1.66. The second-order valence-electron chi connectivity index (χ2n) is 5.72. The highest BCUT2D eigenvalue weighted by Gasteiger charge is 2.01. The number of hydrogen-bond acceptors (Lipinski definition) is 5. The van der Waals surface area contributed by atoms with Gasteiger partial charge >= 0.3 is 0 Å². The molecule has 0 aliphatic carbocycles. The van der Waals surface area contributed by atoms with E-state index >= 15 is 0 Å². The van der Waals surface area contributed by atoms with Crippen LogP contribution in [0.1, 0.15) is 17.5 Å². The van der Waals surface area contributed by atoms with Crippen molar-refractivity contribution in [2.45, 2.75) is 19.5 Å². The Morgan fingerprint density at radius 2 is 2.04 bits per heavy atom. The Bertz CT molecular complexity index is 651. The number of halogens is 1. The van der Waals surface area contributed by atoms with Gasteiger partial charge in [0.15, 0.2) is 5.96 Å². The molecule has 1 aromatic heterocycles. The van der Waals surface area contributed by atoms with Crippen molar-refractivity contribution in [2.75, 3.05) is 40.5 Å². The minimum Gasteiger partial charge on any atom is -0.382 e. The molecule has 0 spiro atoms. The molecule has 0 aliphatic rings. The van der Waals surface area contributed by atoms with Crippen LogP contribution in [0.5, 0.6) is 0 Å². The first kappa shape index (κ1) is 23.3. The van der Waals surface area contributed by atoms with Crippen LogP contribution in [0.25, 0.3) is 0 Å². The average Bonchev–Trinajstić information content (AvgIpc) is 3.17. The average molecular weight is 488 g/mol. The van der Waals surface area contributed by atoms with E-state index in [1.165, 1.54) is 11.1 Å². The smallest absolute Gasteiger partial charge is 0.191 e. The number of nitrogens with zero attached hydrogens (tertiary/aromatic N) is 4. The fraction of sp³-hybridized carbons (Fsp3) is 0.500. The fourth-order valence-electron chi connectivity index (χ4n) is 2.37. The lowest BCUT2D eigenvalue weighted by molar-refractivity contribution is 0.0698. The molecule has 0 atom stereocenters. The van der Waals surface area contributed by atoms with Gasteiger partial charge in [0.25, 0.3) is 0 Å². The molecule has 0 radical (unpaired) electrons. The summed E-state index contributed by atoms with van der Waals surface area (Å²) in [6.07, 6.45) is 4.18. The number of hydrogen-bond donors (Lipinski definition) is 2. The van der Waals surface area contributed by atoms with E-state index in [0.29, 0.717) is 32.9 Å². The number of methoxy groups -OCH3 is 1. The zero-order chi connectivity index (χ0) is 18.5. The summed E-state index contributed by atoms with van der Waals surface area (Å²) in [6.45, 7) is 4.19. The monoisotopic (exact) mass is 488 g/mol. The van der Waals surface area contributed by atoms with Crippen LogP contribution in [0.2, 0.25) is 0 Å². The van der Waals surface area contributed by atoms with Crippen molar-refractivity contribution in [3.63, 3.8) is 0 Å². The zero-order valence-electron chi connectivity index (χ0n) is 15.9. The van der Waals surface area contributed by atoms with Gasteiger partial charge in [0.1, 0.15) is 12.7 Å². The van der Waals surface area contributed by atoms with Crippen molar-refractivity contribution in [3.8, 4) is 0 Å². The van der Waals surface area contributed by atoms with E-state index in [1.807, 2.05) is 4.68 Å². The minimum atomic E-state index is 0. The van der Waals surface area contributed by atoms with Crippen LogP contribution >= 0.6 is 24.0 Å². The molecule has 0 aliphatic heterocycles. The highest BCUT2D eigenvalue weighted by atomic mass is 127. The first-order valence-corrected chi connectivity index (χ1v) is 8.73. The number of nitrogens with one attached hydrogen (secondary N) is 2. The normalized spacial score (nSPS) is 11.1. The Morgan fingerprint density at radius 3 is 2.78 bits per heavy atom. The Morgan fingerprint density at radius 1 is 1.19 bits per heavy atom. The minimum absolute atomic E-state index is 0. The molecule has 0 unspecified atom stereocenters. The number of ether oxygens (including phenoxy) is 2. The number of benzene rings is 1. The maximum atomic E-state index is 5.44. The van der Waals surface area contributed by atoms with Gasteiger partial charge in [-0.15, -0.1) is 24.0 Å². The molecule has 0 saturated carbocycles. The van der Waals surface area contributed by atoms with E-state index in [9.17, 15) is 0 Å². The Labute approximate surface area is 177 Å². The fourth-order valence-corrected chi connectivity index (χ4v) is 2.37. The van der Waals surface area contributed by atoms with Gasteiger partial charge in [-0.05, 0) is 17.5 Å². The molecule has 2 N–H and O–H groups in total. The first-order valence-electron chi connectivity index (χ1n) is 8.73. The van der Waals surface area contributed by atoms with Crippen LogP contribution in [0.4, 0.5) is 0 Å². The van der Waals surface area contributed by atoms with Crippen LogP contribution in [0.3, 0.4) is 0 Å². The number of guanidine groups is 1. The van der Waals surface area contributed by atoms with E-state index in [4.69, 9.17) is 9.47 Å². The molecule has 9 heteroatoms. The van der Waals surface area contributed by atoms with E-state index < -0.39 is 0 Å². The van der Waals surface area contributed by atoms with Crippen molar-refractivity contribution in [1.29, 1.82) is 0 Å². The van der Waals surface area contributed by atoms with E-state index in [0.717, 1.165) is 18.9 Å². The third-order valence-electron chi connectivity index (χ3n) is 3.68. The lowest BCUT2D eigenvalue weighted by atomic mass is 10.1. The summed E-state index contributed by atoms with van der Waals surface area (Å²) in [5.41, 5.74) is 2.37. The molecule has 0 amide bonds. The molecule has 150 valence electrons. The Hall–Kier alpha value is -1.72. The predicted molar refractivity (Wildman–Crippen MR) is 116 cm³/mol. The van der Waals surface area contributed by atoms with Crippen LogP contribution in [0.15, 0.2) is 41.9 Å². The van der Waals surface area contributed by atoms with Crippen molar-refractivity contribution in [2.24, 2.45) is 4.99 Å². The number of aromatic nitrogens is 3. The third kappa shape index (κ3) is 9.68. The second kappa shape index (κ2) is 14.4. The summed E-state index contributed by atoms with van der Waals surface area (Å²) in [5.74, 6) is 0.781. The van der Waals surface area contributed by atoms with Crippen molar-refractivity contribution < 1.29 is 9.47 Å². The van der Waals surface area contributed by atoms with Crippen LogP contribution < -0.4 is 10.6 Å². The van der Waals surface area contributed by atoms with Crippen LogP contribution in [-0.2, 0) is 22.6 Å². The third-order valence-corrected chi connectivity index (χ3v) is 3.68. The molecular weight excluding hydrogens is 459 g/mol. The van der Waals surface area contributed by atoms with E-state index in [1.54, 1.807) is 26.8 Å². The molecular formula is C18H29IN6O2. The highest BCUT2D eigenvalue weighted by Crippen LogP contribution is 2.06. The topological polar surface area (TPSA) is 85.6 Å². The maximum absolute atomic E-state index is 5.44. The zero-order valence-corrected chi connectivity index (χ0v) is 18.3. The van der Waals surface area contributed by atoms with Crippen molar-refractivity contribution in [1.82, 2.24) is 25.4 Å². The van der Waals surface area contributed by atoms with Crippen LogP contribution in [-0.4, -0.2) is 61.2 Å². The number of rotatable bonds is 11. The molecule has 2 aromatic rings. The van der Waals surface area contributed by atoms with Crippen molar-refractivity contribution in [3.05, 3.63) is 48.0 Å². The van der Waals surface area contributed by atoms with E-state index in [2.05, 4.69) is 50.0 Å². The first-order chi connectivity index (χ1) is 12.8. The molecule has 1 aromatic carbocycles. The molecule has 8 nitrogen and oxygen atoms in total. The maximum Gasteiger partial charge on any atom is 0.191 e. The second-order valence-corrected chi connectivity index (χ2v) is 5.72. The molecule has 0 bridgehead atoms. The summed E-state index contributed by atoms with van der Waals surface area (Å²) in [4.78, 5) is 8.21. The lowest BCUT2D eigenvalue weighted by Gasteiger charge is -2.12. The van der Waals surface area contributed by atoms with Gasteiger partial charge < -0.3 is 20.1 Å². The number of aliphatic imine (C=N–C) groups is 1. The van der Waals surface area contributed by atoms with Gasteiger partial charge in [0.2, 0.25) is 0 Å². The quantitative estimate of drug-likeness (QED) is 0.217. The van der Waals surface area contributed by atoms with Gasteiger partial charge in [0.05, 0.1) is 19.8 Å². The van der Waals surface area contributed by atoms with Gasteiger partial charge in [-0.3, -0.25) is 4.99 Å². The Balaban J connectivity index is 0.00000364. The largest absolute Gasteiger partial charge is 0.382 e. The summed E-state index contributed by atoms with van der Waals surface area (Å²) < 4.78 is 12.2. The van der Waals surface area contributed by atoms with Crippen molar-refractivity contribution >= 4 is 29.9 Å². The molecule has 0 saturated heterocycles.